The highest BCUT2D eigenvalue weighted by molar-refractivity contribution is 6.34. The number of nitrogens with zero attached hydrogens (tertiary/aromatic N) is 2. The largest absolute Gasteiger partial charge is 0.411 e. The molecule has 1 aromatic rings. The van der Waals surface area contributed by atoms with Crippen molar-refractivity contribution in [2.45, 2.75) is 19.9 Å². The molecule has 2 rings (SSSR count). The van der Waals surface area contributed by atoms with E-state index in [1.807, 2.05) is 0 Å². The predicted molar refractivity (Wildman–Crippen MR) is 75.4 cm³/mol. The molecule has 0 atom stereocenters. The smallest absolute Gasteiger partial charge is 0.270 e. The molecule has 2 radical (unpaired) electrons. The second kappa shape index (κ2) is 5.88. The maximum Gasteiger partial charge on any atom is 0.270 e. The fraction of sp³-hybridized carbons (Fsp3) is 0.385. The molecule has 1 amide bonds. The summed E-state index contributed by atoms with van der Waals surface area (Å²) in [5, 5.41) is 13.8. The van der Waals surface area contributed by atoms with Crippen LogP contribution < -0.4 is 10.8 Å². The Morgan fingerprint density at radius 2 is 2.37 bits per heavy atom. The van der Waals surface area contributed by atoms with Crippen LogP contribution in [-0.2, 0) is 17.8 Å². The van der Waals surface area contributed by atoms with Crippen LogP contribution in [0.1, 0.15) is 18.1 Å². The van der Waals surface area contributed by atoms with E-state index in [0.717, 1.165) is 54.5 Å². The number of likely N-dealkylation sites (N-methyl/N-ethyl adjacent to an activating group) is 1. The van der Waals surface area contributed by atoms with E-state index >= 15 is 0 Å². The molecule has 0 aromatic heterocycles. The molecule has 1 aliphatic heterocycles. The van der Waals surface area contributed by atoms with Crippen molar-refractivity contribution in [1.82, 2.24) is 4.90 Å². The van der Waals surface area contributed by atoms with E-state index in [1.165, 1.54) is 0 Å². The number of amides is 1. The quantitative estimate of drug-likeness (QED) is 0.353. The number of nitrogens with one attached hydrogen (secondary N) is 1. The summed E-state index contributed by atoms with van der Waals surface area (Å²) in [4.78, 5) is 13.8. The van der Waals surface area contributed by atoms with Crippen molar-refractivity contribution in [3.63, 3.8) is 0 Å². The summed E-state index contributed by atoms with van der Waals surface area (Å²) in [6.07, 6.45) is 1.72. The van der Waals surface area contributed by atoms with Crippen molar-refractivity contribution in [3.05, 3.63) is 23.3 Å². The van der Waals surface area contributed by atoms with Gasteiger partial charge in [0.25, 0.3) is 5.91 Å². The summed E-state index contributed by atoms with van der Waals surface area (Å²) in [5.41, 5.74) is 3.64. The van der Waals surface area contributed by atoms with Gasteiger partial charge in [0.05, 0.1) is 0 Å². The Morgan fingerprint density at radius 3 is 3.05 bits per heavy atom. The zero-order valence-electron chi connectivity index (χ0n) is 10.9. The molecule has 0 saturated heterocycles. The number of oxime groups is 1. The Bertz CT molecular complexity index is 517. The summed E-state index contributed by atoms with van der Waals surface area (Å²) >= 11 is 0. The van der Waals surface area contributed by atoms with Gasteiger partial charge in [0.1, 0.15) is 14.1 Å². The first-order valence-corrected chi connectivity index (χ1v) is 6.26. The third-order valence-corrected chi connectivity index (χ3v) is 3.41. The van der Waals surface area contributed by atoms with Crippen molar-refractivity contribution >= 4 is 31.1 Å². The number of carbonyl (C=O) groups is 1. The van der Waals surface area contributed by atoms with Crippen LogP contribution in [0.2, 0.25) is 0 Å². The van der Waals surface area contributed by atoms with Gasteiger partial charge < -0.3 is 10.5 Å². The van der Waals surface area contributed by atoms with Gasteiger partial charge in [-0.05, 0) is 30.2 Å². The van der Waals surface area contributed by atoms with Crippen LogP contribution in [-0.4, -0.2) is 43.2 Å². The van der Waals surface area contributed by atoms with Crippen molar-refractivity contribution < 1.29 is 10.0 Å². The van der Waals surface area contributed by atoms with E-state index in [4.69, 9.17) is 13.1 Å². The maximum absolute atomic E-state index is 11.5. The van der Waals surface area contributed by atoms with Gasteiger partial charge in [0.2, 0.25) is 0 Å². The number of hydrogen-bond acceptors (Lipinski definition) is 4. The molecule has 1 heterocycles. The monoisotopic (exact) mass is 257 g/mol. The lowest BCUT2D eigenvalue weighted by Crippen LogP contribution is -2.34. The Hall–Kier alpha value is -1.82. The lowest BCUT2D eigenvalue weighted by Gasteiger charge is -2.30. The minimum atomic E-state index is -0.455. The van der Waals surface area contributed by atoms with Crippen LogP contribution in [0.15, 0.2) is 17.3 Å². The van der Waals surface area contributed by atoms with Crippen LogP contribution >= 0.6 is 0 Å². The first kappa shape index (κ1) is 13.6. The zero-order valence-corrected chi connectivity index (χ0v) is 10.9. The fourth-order valence-electron chi connectivity index (χ4n) is 2.36. The van der Waals surface area contributed by atoms with Gasteiger partial charge in [-0.1, -0.05) is 23.6 Å². The minimum Gasteiger partial charge on any atom is -0.411 e. The van der Waals surface area contributed by atoms with Gasteiger partial charge in [-0.15, -0.1) is 0 Å². The Labute approximate surface area is 113 Å². The summed E-state index contributed by atoms with van der Waals surface area (Å²) in [7, 11) is 5.99. The van der Waals surface area contributed by atoms with Crippen LogP contribution in [0, 0.1) is 0 Å². The van der Waals surface area contributed by atoms with Gasteiger partial charge in [0.15, 0.2) is 0 Å². The number of carbonyl (C=O) groups excluding carboxylic acids is 1. The van der Waals surface area contributed by atoms with Gasteiger partial charge in [-0.3, -0.25) is 9.69 Å². The molecule has 0 unspecified atom stereocenters. The van der Waals surface area contributed by atoms with Gasteiger partial charge in [-0.25, -0.2) is 0 Å². The lowest BCUT2D eigenvalue weighted by molar-refractivity contribution is -0.110. The van der Waals surface area contributed by atoms with Crippen molar-refractivity contribution in [3.8, 4) is 0 Å². The summed E-state index contributed by atoms with van der Waals surface area (Å²) in [5.74, 6) is -0.455. The summed E-state index contributed by atoms with van der Waals surface area (Å²) in [6.45, 7) is 4.81. The molecular formula is C13H16BN3O2. The second-order valence-corrected chi connectivity index (χ2v) is 4.51. The normalized spacial score (nSPS) is 15.4. The average Bonchev–Trinajstić information content (AvgIpc) is 2.42. The molecule has 19 heavy (non-hydrogen) atoms. The van der Waals surface area contributed by atoms with Crippen LogP contribution in [0.3, 0.4) is 0 Å². The van der Waals surface area contributed by atoms with E-state index < -0.39 is 5.91 Å². The first-order chi connectivity index (χ1) is 9.15. The van der Waals surface area contributed by atoms with E-state index in [-0.39, 0.29) is 0 Å². The van der Waals surface area contributed by atoms with E-state index in [0.29, 0.717) is 0 Å². The number of anilines is 1. The van der Waals surface area contributed by atoms with Crippen molar-refractivity contribution in [2.75, 3.05) is 18.4 Å². The highest BCUT2D eigenvalue weighted by atomic mass is 16.4. The molecule has 0 aliphatic carbocycles. The van der Waals surface area contributed by atoms with Crippen LogP contribution in [0.25, 0.3) is 0 Å². The molecule has 1 aromatic carbocycles. The SMILES string of the molecule is [B]c1ccc(NC(=O)/C=N/O)c2c1CCN(CC)C2. The molecule has 2 N–H and O–H groups in total. The topological polar surface area (TPSA) is 64.9 Å². The third kappa shape index (κ3) is 2.96. The predicted octanol–water partition coefficient (Wildman–Crippen LogP) is 0.257. The molecular weight excluding hydrogens is 241 g/mol. The molecule has 0 bridgehead atoms. The number of hydrogen-bond donors (Lipinski definition) is 2. The molecule has 0 spiro atoms. The highest BCUT2D eigenvalue weighted by Gasteiger charge is 2.19. The minimum absolute atomic E-state index is 0.455. The van der Waals surface area contributed by atoms with E-state index in [1.54, 1.807) is 12.1 Å². The van der Waals surface area contributed by atoms with Gasteiger partial charge in [0, 0.05) is 18.8 Å². The maximum atomic E-state index is 11.5. The molecule has 5 nitrogen and oxygen atoms in total. The highest BCUT2D eigenvalue weighted by Crippen LogP contribution is 2.24. The number of rotatable bonds is 3. The molecule has 0 saturated carbocycles. The zero-order chi connectivity index (χ0) is 13.8. The van der Waals surface area contributed by atoms with E-state index in [2.05, 4.69) is 22.3 Å². The summed E-state index contributed by atoms with van der Waals surface area (Å²) in [6, 6.07) is 3.59. The summed E-state index contributed by atoms with van der Waals surface area (Å²) < 4.78 is 0. The van der Waals surface area contributed by atoms with Gasteiger partial charge >= 0.3 is 0 Å². The Kier molecular flexibility index (Phi) is 4.22. The number of benzene rings is 1. The van der Waals surface area contributed by atoms with Crippen molar-refractivity contribution in [1.29, 1.82) is 0 Å². The Balaban J connectivity index is 2.32. The molecule has 98 valence electrons. The number of fused-ring (bicyclic) bond motifs is 1. The molecule has 0 fully saturated rings. The van der Waals surface area contributed by atoms with Gasteiger partial charge in [-0.2, -0.15) is 0 Å². The van der Waals surface area contributed by atoms with Crippen molar-refractivity contribution in [2.24, 2.45) is 5.16 Å². The average molecular weight is 257 g/mol. The van der Waals surface area contributed by atoms with Crippen LogP contribution in [0.5, 0.6) is 0 Å². The lowest BCUT2D eigenvalue weighted by atomic mass is 9.83. The molecule has 6 heteroatoms. The van der Waals surface area contributed by atoms with Crippen LogP contribution in [0.4, 0.5) is 5.69 Å². The van der Waals surface area contributed by atoms with E-state index in [9.17, 15) is 4.79 Å². The fourth-order valence-corrected chi connectivity index (χ4v) is 2.36. The Morgan fingerprint density at radius 1 is 1.58 bits per heavy atom. The standard InChI is InChI=1S/C13H16BN3O2/c1-2-17-6-5-9-10(8-17)12(4-3-11(9)14)16-13(18)7-15-19/h3-4,7,19H,2,5-6,8H2,1H3,(H,16,18)/b15-7+. The second-order valence-electron chi connectivity index (χ2n) is 4.51. The molecule has 1 aliphatic rings. The third-order valence-electron chi connectivity index (χ3n) is 3.41. The first-order valence-electron chi connectivity index (χ1n) is 6.26.